The van der Waals surface area contributed by atoms with Crippen LogP contribution in [0.15, 0.2) is 77.4 Å². The summed E-state index contributed by atoms with van der Waals surface area (Å²) in [6.07, 6.45) is 3.09. The molecule has 4 rings (SSSR count). The maximum absolute atomic E-state index is 13.4. The number of fused-ring (bicyclic) bond motifs is 1. The lowest BCUT2D eigenvalue weighted by atomic mass is 9.99. The molecule has 0 radical (unpaired) electrons. The van der Waals surface area contributed by atoms with Crippen molar-refractivity contribution in [2.24, 2.45) is 0 Å². The number of halogens is 1. The van der Waals surface area contributed by atoms with Gasteiger partial charge in [0.2, 0.25) is 5.91 Å². The molecule has 178 valence electrons. The molecule has 0 aliphatic carbocycles. The van der Waals surface area contributed by atoms with E-state index in [4.69, 9.17) is 13.9 Å². The van der Waals surface area contributed by atoms with Crippen molar-refractivity contribution in [3.05, 3.63) is 89.9 Å². The van der Waals surface area contributed by atoms with Gasteiger partial charge in [-0.15, -0.1) is 0 Å². The summed E-state index contributed by atoms with van der Waals surface area (Å²) in [5.74, 6) is -0.510. The van der Waals surface area contributed by atoms with Gasteiger partial charge in [0.15, 0.2) is 0 Å². The minimum Gasteiger partial charge on any atom is -0.496 e. The number of esters is 1. The van der Waals surface area contributed by atoms with Gasteiger partial charge in [-0.05, 0) is 67.4 Å². The van der Waals surface area contributed by atoms with Crippen LogP contribution in [0.5, 0.6) is 5.75 Å². The van der Waals surface area contributed by atoms with E-state index < -0.39 is 5.97 Å². The summed E-state index contributed by atoms with van der Waals surface area (Å²) < 4.78 is 29.6. The predicted molar refractivity (Wildman–Crippen MR) is 133 cm³/mol. The molecular formula is C28H24FNO5. The second kappa shape index (κ2) is 10.3. The summed E-state index contributed by atoms with van der Waals surface area (Å²) in [5.41, 5.74) is 4.58. The van der Waals surface area contributed by atoms with Gasteiger partial charge in [0, 0.05) is 34.3 Å². The highest BCUT2D eigenvalue weighted by Crippen LogP contribution is 2.37. The molecule has 0 aliphatic rings. The third kappa shape index (κ3) is 5.24. The van der Waals surface area contributed by atoms with Gasteiger partial charge in [-0.25, -0.2) is 9.18 Å². The summed E-state index contributed by atoms with van der Waals surface area (Å²) in [6.45, 7) is 3.84. The van der Waals surface area contributed by atoms with Crippen LogP contribution in [0.3, 0.4) is 0 Å². The first-order valence-corrected chi connectivity index (χ1v) is 11.0. The SMILES string of the molecule is CCOC(=O)c1ccc(NC(=O)/C=C(\C)c2cc3c(-c4ccc(F)cc4)coc3cc2OC)cc1. The van der Waals surface area contributed by atoms with Crippen LogP contribution in [0.2, 0.25) is 0 Å². The molecule has 0 spiro atoms. The fourth-order valence-electron chi connectivity index (χ4n) is 3.74. The van der Waals surface area contributed by atoms with Gasteiger partial charge in [-0.2, -0.15) is 0 Å². The van der Waals surface area contributed by atoms with E-state index in [0.29, 0.717) is 34.8 Å². The molecule has 0 bridgehead atoms. The number of carbonyl (C=O) groups excluding carboxylic acids is 2. The Morgan fingerprint density at radius 1 is 1.06 bits per heavy atom. The van der Waals surface area contributed by atoms with Crippen molar-refractivity contribution < 1.29 is 27.9 Å². The Morgan fingerprint density at radius 3 is 2.43 bits per heavy atom. The van der Waals surface area contributed by atoms with E-state index in [-0.39, 0.29) is 11.7 Å². The molecule has 0 fully saturated rings. The molecule has 0 unspecified atom stereocenters. The van der Waals surface area contributed by atoms with Gasteiger partial charge in [0.1, 0.15) is 17.1 Å². The van der Waals surface area contributed by atoms with E-state index in [1.54, 1.807) is 62.8 Å². The van der Waals surface area contributed by atoms with Crippen LogP contribution in [-0.4, -0.2) is 25.6 Å². The normalized spacial score (nSPS) is 11.4. The number of hydrogen-bond donors (Lipinski definition) is 1. The highest BCUT2D eigenvalue weighted by atomic mass is 19.1. The zero-order valence-electron chi connectivity index (χ0n) is 19.6. The number of nitrogens with one attached hydrogen (secondary N) is 1. The van der Waals surface area contributed by atoms with Crippen LogP contribution >= 0.6 is 0 Å². The van der Waals surface area contributed by atoms with Crippen LogP contribution < -0.4 is 10.1 Å². The van der Waals surface area contributed by atoms with E-state index in [9.17, 15) is 14.0 Å². The molecule has 1 heterocycles. The molecule has 1 aromatic heterocycles. The smallest absolute Gasteiger partial charge is 0.338 e. The number of furan rings is 1. The zero-order chi connectivity index (χ0) is 24.9. The van der Waals surface area contributed by atoms with E-state index in [0.717, 1.165) is 22.1 Å². The third-order valence-electron chi connectivity index (χ3n) is 5.49. The molecule has 35 heavy (non-hydrogen) atoms. The van der Waals surface area contributed by atoms with Crippen molar-refractivity contribution in [1.29, 1.82) is 0 Å². The van der Waals surface area contributed by atoms with E-state index in [1.165, 1.54) is 18.2 Å². The number of rotatable bonds is 7. The van der Waals surface area contributed by atoms with Crippen molar-refractivity contribution in [1.82, 2.24) is 0 Å². The molecule has 3 aromatic carbocycles. The fraction of sp³-hybridized carbons (Fsp3) is 0.143. The number of ether oxygens (including phenoxy) is 2. The molecule has 0 saturated carbocycles. The summed E-state index contributed by atoms with van der Waals surface area (Å²) in [5, 5.41) is 3.61. The molecule has 0 aliphatic heterocycles. The first kappa shape index (κ1) is 23.8. The van der Waals surface area contributed by atoms with Gasteiger partial charge in [-0.1, -0.05) is 12.1 Å². The second-order valence-corrected chi connectivity index (χ2v) is 7.82. The average Bonchev–Trinajstić information content (AvgIpc) is 3.27. The monoisotopic (exact) mass is 473 g/mol. The van der Waals surface area contributed by atoms with Crippen LogP contribution in [0.4, 0.5) is 10.1 Å². The third-order valence-corrected chi connectivity index (χ3v) is 5.49. The number of methoxy groups -OCH3 is 1. The predicted octanol–water partition coefficient (Wildman–Crippen LogP) is 6.47. The Bertz CT molecular complexity index is 1400. The van der Waals surface area contributed by atoms with Crippen molar-refractivity contribution in [3.8, 4) is 16.9 Å². The fourth-order valence-corrected chi connectivity index (χ4v) is 3.74. The Labute approximate surface area is 202 Å². The Morgan fingerprint density at radius 2 is 1.77 bits per heavy atom. The Balaban J connectivity index is 1.60. The summed E-state index contributed by atoms with van der Waals surface area (Å²) in [7, 11) is 1.55. The topological polar surface area (TPSA) is 77.8 Å². The van der Waals surface area contributed by atoms with Gasteiger partial charge >= 0.3 is 5.97 Å². The highest BCUT2D eigenvalue weighted by molar-refractivity contribution is 6.05. The molecular weight excluding hydrogens is 449 g/mol. The molecule has 0 atom stereocenters. The lowest BCUT2D eigenvalue weighted by Gasteiger charge is -2.10. The number of amides is 1. The number of carbonyl (C=O) groups is 2. The van der Waals surface area contributed by atoms with E-state index >= 15 is 0 Å². The van der Waals surface area contributed by atoms with Crippen molar-refractivity contribution in [2.45, 2.75) is 13.8 Å². The molecule has 1 amide bonds. The molecule has 4 aromatic rings. The lowest BCUT2D eigenvalue weighted by molar-refractivity contribution is -0.111. The van der Waals surface area contributed by atoms with E-state index in [1.807, 2.05) is 13.0 Å². The minimum atomic E-state index is -0.414. The standard InChI is InChI=1S/C28H24FNO5/c1-4-34-28(32)19-7-11-21(12-8-19)30-27(31)13-17(2)22-14-23-24(18-5-9-20(29)10-6-18)16-35-26(23)15-25(22)33-3/h5-16H,4H2,1-3H3,(H,30,31)/b17-13+. The van der Waals surface area contributed by atoms with Crippen molar-refractivity contribution in [2.75, 3.05) is 19.0 Å². The first-order chi connectivity index (χ1) is 16.9. The first-order valence-electron chi connectivity index (χ1n) is 11.0. The maximum atomic E-state index is 13.4. The van der Waals surface area contributed by atoms with Gasteiger partial charge in [0.25, 0.3) is 0 Å². The Hall–Kier alpha value is -4.39. The second-order valence-electron chi connectivity index (χ2n) is 7.82. The Kier molecular flexibility index (Phi) is 6.96. The summed E-state index contributed by atoms with van der Waals surface area (Å²) in [4.78, 5) is 24.5. The molecule has 7 heteroatoms. The van der Waals surface area contributed by atoms with Crippen LogP contribution in [0.25, 0.3) is 27.7 Å². The number of hydrogen-bond acceptors (Lipinski definition) is 5. The van der Waals surface area contributed by atoms with E-state index in [2.05, 4.69) is 5.32 Å². The highest BCUT2D eigenvalue weighted by Gasteiger charge is 2.15. The number of allylic oxidation sites excluding steroid dienone is 1. The van der Waals surface area contributed by atoms with Crippen molar-refractivity contribution >= 4 is 34.1 Å². The maximum Gasteiger partial charge on any atom is 0.338 e. The number of benzene rings is 3. The van der Waals surface area contributed by atoms with Gasteiger partial charge < -0.3 is 19.2 Å². The largest absolute Gasteiger partial charge is 0.496 e. The summed E-state index contributed by atoms with van der Waals surface area (Å²) >= 11 is 0. The quantitative estimate of drug-likeness (QED) is 0.246. The van der Waals surface area contributed by atoms with Crippen LogP contribution in [0.1, 0.15) is 29.8 Å². The molecule has 6 nitrogen and oxygen atoms in total. The van der Waals surface area contributed by atoms with Crippen molar-refractivity contribution in [3.63, 3.8) is 0 Å². The van der Waals surface area contributed by atoms with Gasteiger partial charge in [0.05, 0.1) is 25.5 Å². The average molecular weight is 474 g/mol. The lowest BCUT2D eigenvalue weighted by Crippen LogP contribution is -2.09. The number of anilines is 1. The molecule has 0 saturated heterocycles. The van der Waals surface area contributed by atoms with Gasteiger partial charge in [-0.3, -0.25) is 4.79 Å². The molecule has 1 N–H and O–H groups in total. The van der Waals surface area contributed by atoms with Crippen LogP contribution in [-0.2, 0) is 9.53 Å². The zero-order valence-corrected chi connectivity index (χ0v) is 19.6. The van der Waals surface area contributed by atoms with Crippen LogP contribution in [0, 0.1) is 5.82 Å². The summed E-state index contributed by atoms with van der Waals surface area (Å²) in [6, 6.07) is 16.3. The minimum absolute atomic E-state index is 0.293.